The van der Waals surface area contributed by atoms with Crippen molar-refractivity contribution < 1.29 is 5.11 Å². The molecule has 0 saturated heterocycles. The molecule has 3 heterocycles. The van der Waals surface area contributed by atoms with Gasteiger partial charge < -0.3 is 19.9 Å². The van der Waals surface area contributed by atoms with Crippen LogP contribution in [-0.4, -0.2) is 75.3 Å². The summed E-state index contributed by atoms with van der Waals surface area (Å²) in [5.74, 6) is -0.349. The molecule has 0 atom stereocenters. The van der Waals surface area contributed by atoms with Gasteiger partial charge in [0.25, 0.3) is 16.7 Å². The number of aromatic amines is 1. The van der Waals surface area contributed by atoms with Crippen molar-refractivity contribution in [3.63, 3.8) is 0 Å². The van der Waals surface area contributed by atoms with Gasteiger partial charge in [0.2, 0.25) is 5.88 Å². The lowest BCUT2D eigenvalue weighted by Crippen LogP contribution is -2.37. The van der Waals surface area contributed by atoms with E-state index in [0.717, 1.165) is 9.13 Å². The average Bonchev–Trinajstić information content (AvgIpc) is 2.81. The Morgan fingerprint density at radius 3 is 2.03 bits per heavy atom. The molecule has 0 unspecified atom stereocenters. The number of H-pyrrole nitrogens is 1. The fourth-order valence-corrected chi connectivity index (χ4v) is 5.35. The van der Waals surface area contributed by atoms with E-state index in [-0.39, 0.29) is 62.3 Å². The second-order valence-electron chi connectivity index (χ2n) is 9.52. The maximum absolute atomic E-state index is 13.8. The second-order valence-corrected chi connectivity index (χ2v) is 10.4. The third kappa shape index (κ3) is 3.64. The molecule has 5 aromatic rings. The van der Waals surface area contributed by atoms with Gasteiger partial charge in [-0.15, -0.1) is 0 Å². The molecule has 0 spiro atoms. The first-order valence-electron chi connectivity index (χ1n) is 11.4. The van der Waals surface area contributed by atoms with E-state index < -0.39 is 27.8 Å². The largest absolute Gasteiger partial charge is 0.494 e. The van der Waals surface area contributed by atoms with E-state index in [1.165, 1.54) is 6.07 Å². The molecule has 0 aliphatic carbocycles. The Balaban J connectivity index is 2.14. The number of fused-ring (bicyclic) bond motifs is 3. The Kier molecular flexibility index (Phi) is 5.89. The maximum Gasteiger partial charge on any atom is 0.335 e. The Morgan fingerprint density at radius 2 is 1.41 bits per heavy atom. The molecule has 12 nitrogen and oxygen atoms in total. The van der Waals surface area contributed by atoms with E-state index in [1.54, 1.807) is 14.1 Å². The summed E-state index contributed by atoms with van der Waals surface area (Å²) in [6.45, 7) is 0.980. The molecular weight excluding hydrogens is 548 g/mol. The first-order chi connectivity index (χ1) is 17.4. The van der Waals surface area contributed by atoms with Gasteiger partial charge in [-0.05, 0) is 50.2 Å². The first-order valence-corrected chi connectivity index (χ1v) is 12.2. The summed E-state index contributed by atoms with van der Waals surface area (Å²) in [7, 11) is 7.22. The highest BCUT2D eigenvalue weighted by Gasteiger charge is 2.28. The van der Waals surface area contributed by atoms with Gasteiger partial charge in [-0.3, -0.25) is 33.1 Å². The van der Waals surface area contributed by atoms with Crippen LogP contribution in [-0.2, 0) is 13.1 Å². The molecule has 0 aliphatic heterocycles. The summed E-state index contributed by atoms with van der Waals surface area (Å²) in [4.78, 5) is 75.7. The molecule has 0 saturated carbocycles. The molecule has 2 N–H and O–H groups in total. The van der Waals surface area contributed by atoms with Crippen molar-refractivity contribution in [1.82, 2.24) is 28.9 Å². The third-order valence-electron chi connectivity index (χ3n) is 6.56. The van der Waals surface area contributed by atoms with Gasteiger partial charge in [-0.1, -0.05) is 0 Å². The van der Waals surface area contributed by atoms with Gasteiger partial charge in [-0.25, -0.2) is 4.98 Å². The van der Waals surface area contributed by atoms with Crippen molar-refractivity contribution in [2.45, 2.75) is 13.1 Å². The number of hydrogen-bond acceptors (Lipinski definition) is 9. The van der Waals surface area contributed by atoms with Crippen LogP contribution in [0, 0.1) is 0 Å². The number of hydrogen-bond donors (Lipinski definition) is 2. The predicted molar refractivity (Wildman–Crippen MR) is 145 cm³/mol. The van der Waals surface area contributed by atoms with E-state index in [4.69, 9.17) is 0 Å². The van der Waals surface area contributed by atoms with Crippen LogP contribution in [0.5, 0.6) is 5.88 Å². The van der Waals surface area contributed by atoms with Crippen molar-refractivity contribution in [1.29, 1.82) is 0 Å². The second kappa shape index (κ2) is 8.71. The van der Waals surface area contributed by atoms with Gasteiger partial charge in [0, 0.05) is 46.8 Å². The molecule has 2 aromatic carbocycles. The number of nitrogens with one attached hydrogen (secondary N) is 1. The van der Waals surface area contributed by atoms with Crippen molar-refractivity contribution >= 4 is 59.3 Å². The lowest BCUT2D eigenvalue weighted by Gasteiger charge is -2.20. The van der Waals surface area contributed by atoms with Crippen LogP contribution in [0.1, 0.15) is 0 Å². The predicted octanol–water partition coefficient (Wildman–Crippen LogP) is -0.107. The van der Waals surface area contributed by atoms with Crippen molar-refractivity contribution in [3.05, 3.63) is 62.3 Å². The SMILES string of the molecule is CN(C)CCn1c(O)c2cc(Br)c3c(=O)n(CCN(C)C)c(=O)c4c5[nH]c(=O)c(=O)nc5c(c1=O)c2c34. The molecule has 0 aliphatic rings. The number of pyridine rings is 2. The quantitative estimate of drug-likeness (QED) is 0.162. The Morgan fingerprint density at radius 1 is 0.838 bits per heavy atom. The number of nitrogens with zero attached hydrogens (tertiary/aromatic N) is 5. The fourth-order valence-electron chi connectivity index (χ4n) is 4.76. The molecule has 0 amide bonds. The minimum Gasteiger partial charge on any atom is -0.494 e. The van der Waals surface area contributed by atoms with Gasteiger partial charge in [0.1, 0.15) is 5.52 Å². The Hall–Kier alpha value is -3.68. The van der Waals surface area contributed by atoms with Crippen LogP contribution < -0.4 is 27.8 Å². The van der Waals surface area contributed by atoms with Gasteiger partial charge in [0.05, 0.1) is 21.7 Å². The normalized spacial score (nSPS) is 12.4. The Labute approximate surface area is 215 Å². The zero-order valence-corrected chi connectivity index (χ0v) is 22.1. The smallest absolute Gasteiger partial charge is 0.335 e. The number of aromatic hydroxyl groups is 1. The summed E-state index contributed by atoms with van der Waals surface area (Å²) in [6.07, 6.45) is 0. The zero-order chi connectivity index (χ0) is 26.9. The monoisotopic (exact) mass is 570 g/mol. The molecule has 0 fully saturated rings. The molecule has 3 aromatic heterocycles. The number of benzene rings is 2. The minimum absolute atomic E-state index is 0.0587. The third-order valence-corrected chi connectivity index (χ3v) is 7.19. The van der Waals surface area contributed by atoms with E-state index in [1.807, 2.05) is 23.9 Å². The molecule has 5 rings (SSSR count). The minimum atomic E-state index is -1.12. The van der Waals surface area contributed by atoms with Crippen LogP contribution in [0.4, 0.5) is 0 Å². The van der Waals surface area contributed by atoms with Crippen molar-refractivity contribution in [3.8, 4) is 5.88 Å². The van der Waals surface area contributed by atoms with Crippen LogP contribution in [0.25, 0.3) is 43.4 Å². The first kappa shape index (κ1) is 25.0. The number of aromatic nitrogens is 4. The van der Waals surface area contributed by atoms with Gasteiger partial charge in [-0.2, -0.15) is 0 Å². The molecular formula is C24H23BrN6O6. The fraction of sp³-hybridized carbons (Fsp3) is 0.333. The highest BCUT2D eigenvalue weighted by atomic mass is 79.9. The summed E-state index contributed by atoms with van der Waals surface area (Å²) in [5, 5.41) is 11.6. The number of halogens is 1. The lowest BCUT2D eigenvalue weighted by atomic mass is 9.94. The maximum atomic E-state index is 13.8. The summed E-state index contributed by atoms with van der Waals surface area (Å²) >= 11 is 3.43. The number of likely N-dealkylation sites (N-methyl/N-ethyl adjacent to an activating group) is 2. The highest BCUT2D eigenvalue weighted by Crippen LogP contribution is 2.41. The van der Waals surface area contributed by atoms with Crippen LogP contribution >= 0.6 is 15.9 Å². The Bertz CT molecular complexity index is 2030. The van der Waals surface area contributed by atoms with Crippen molar-refractivity contribution in [2.24, 2.45) is 0 Å². The van der Waals surface area contributed by atoms with Gasteiger partial charge in [0.15, 0.2) is 0 Å². The topological polar surface area (TPSA) is 151 Å². The highest BCUT2D eigenvalue weighted by molar-refractivity contribution is 9.10. The van der Waals surface area contributed by atoms with Crippen LogP contribution in [0.3, 0.4) is 0 Å². The summed E-state index contributed by atoms with van der Waals surface area (Å²) in [6, 6.07) is 1.52. The summed E-state index contributed by atoms with van der Waals surface area (Å²) in [5.41, 5.74) is -4.39. The van der Waals surface area contributed by atoms with Crippen LogP contribution in [0.15, 0.2) is 34.5 Å². The van der Waals surface area contributed by atoms with Crippen LogP contribution in [0.2, 0.25) is 0 Å². The van der Waals surface area contributed by atoms with Crippen molar-refractivity contribution in [2.75, 3.05) is 41.3 Å². The van der Waals surface area contributed by atoms with Gasteiger partial charge >= 0.3 is 11.1 Å². The van der Waals surface area contributed by atoms with E-state index in [0.29, 0.717) is 17.6 Å². The molecule has 37 heavy (non-hydrogen) atoms. The molecule has 0 radical (unpaired) electrons. The van der Waals surface area contributed by atoms with E-state index >= 15 is 0 Å². The van der Waals surface area contributed by atoms with E-state index in [9.17, 15) is 29.1 Å². The lowest BCUT2D eigenvalue weighted by molar-refractivity contribution is 0.353. The van der Waals surface area contributed by atoms with E-state index in [2.05, 4.69) is 25.9 Å². The molecule has 0 bridgehead atoms. The zero-order valence-electron chi connectivity index (χ0n) is 20.5. The molecule has 192 valence electrons. The number of rotatable bonds is 6. The summed E-state index contributed by atoms with van der Waals surface area (Å²) < 4.78 is 2.52. The molecule has 13 heteroatoms. The standard InChI is InChI=1S/C24H23BrN6O6/c1-28(2)5-7-30-21(34)10-9-11(25)13-14-12(10)15(23(30)36)17-18(27-20(33)19(32)26-17)16(14)24(37)31(22(13)35)8-6-29(3)4/h9,34H,5-8H2,1-4H3,(H,27,33). The average molecular weight is 571 g/mol.